The maximum Gasteiger partial charge on any atom is 0.0375 e. The highest BCUT2D eigenvalue weighted by atomic mass is 15.1. The Morgan fingerprint density at radius 1 is 1.47 bits per heavy atom. The van der Waals surface area contributed by atoms with Crippen LogP contribution in [0.1, 0.15) is 19.8 Å². The average molecular weight is 232 g/mol. The van der Waals surface area contributed by atoms with Crippen molar-refractivity contribution in [2.24, 2.45) is 0 Å². The van der Waals surface area contributed by atoms with E-state index in [2.05, 4.69) is 55.1 Å². The van der Waals surface area contributed by atoms with Crippen LogP contribution < -0.4 is 5.32 Å². The maximum absolute atomic E-state index is 4.23. The lowest BCUT2D eigenvalue weighted by Crippen LogP contribution is -2.19. The highest BCUT2D eigenvalue weighted by molar-refractivity contribution is 5.41. The van der Waals surface area contributed by atoms with E-state index in [1.54, 1.807) is 0 Å². The maximum atomic E-state index is 4.23. The van der Waals surface area contributed by atoms with Gasteiger partial charge in [-0.1, -0.05) is 31.7 Å². The largest absolute Gasteiger partial charge is 0.388 e. The molecule has 0 radical (unpaired) electrons. The van der Waals surface area contributed by atoms with Crippen molar-refractivity contribution in [3.05, 3.63) is 47.7 Å². The van der Waals surface area contributed by atoms with Gasteiger partial charge >= 0.3 is 0 Å². The Labute approximate surface area is 105 Å². The quantitative estimate of drug-likeness (QED) is 0.757. The van der Waals surface area contributed by atoms with Gasteiger partial charge in [-0.2, -0.15) is 0 Å². The number of hydrogen-bond acceptors (Lipinski definition) is 2. The molecule has 0 aromatic heterocycles. The van der Waals surface area contributed by atoms with Crippen molar-refractivity contribution in [3.8, 4) is 0 Å². The summed E-state index contributed by atoms with van der Waals surface area (Å²) >= 11 is 0. The lowest BCUT2D eigenvalue weighted by Gasteiger charge is -2.17. The van der Waals surface area contributed by atoms with Crippen LogP contribution in [-0.4, -0.2) is 32.1 Å². The van der Waals surface area contributed by atoms with Crippen molar-refractivity contribution in [2.45, 2.75) is 19.8 Å². The minimum Gasteiger partial charge on any atom is -0.388 e. The molecule has 0 aromatic rings. The van der Waals surface area contributed by atoms with Crippen LogP contribution in [0.4, 0.5) is 0 Å². The van der Waals surface area contributed by atoms with E-state index >= 15 is 0 Å². The van der Waals surface area contributed by atoms with Crippen LogP contribution in [0.5, 0.6) is 0 Å². The topological polar surface area (TPSA) is 15.3 Å². The molecule has 2 nitrogen and oxygen atoms in total. The molecule has 0 aliphatic heterocycles. The molecule has 0 fully saturated rings. The van der Waals surface area contributed by atoms with Gasteiger partial charge in [0.15, 0.2) is 0 Å². The summed E-state index contributed by atoms with van der Waals surface area (Å²) in [6.07, 6.45) is 10.5. The zero-order chi connectivity index (χ0) is 12.7. The molecule has 94 valence electrons. The summed E-state index contributed by atoms with van der Waals surface area (Å²) in [5, 5.41) is 3.25. The summed E-state index contributed by atoms with van der Waals surface area (Å²) in [7, 11) is 4.12. The van der Waals surface area contributed by atoms with Gasteiger partial charge in [-0.05, 0) is 43.7 Å². The van der Waals surface area contributed by atoms with Gasteiger partial charge < -0.3 is 10.2 Å². The number of allylic oxidation sites excluding steroid dienone is 5. The highest BCUT2D eigenvalue weighted by Gasteiger charge is 2.08. The molecule has 0 bridgehead atoms. The molecule has 1 aliphatic carbocycles. The summed E-state index contributed by atoms with van der Waals surface area (Å²) in [6, 6.07) is 0. The Bertz CT molecular complexity index is 348. The van der Waals surface area contributed by atoms with E-state index in [-0.39, 0.29) is 0 Å². The predicted octanol–water partition coefficient (Wildman–Crippen LogP) is 2.87. The van der Waals surface area contributed by atoms with Crippen molar-refractivity contribution in [1.82, 2.24) is 10.2 Å². The first-order valence-corrected chi connectivity index (χ1v) is 6.29. The molecule has 1 aliphatic rings. The SMILES string of the molecule is C=C(CCN(C)CC)C1=C(NC)C=CC=CC1. The molecular weight excluding hydrogens is 208 g/mol. The molecule has 0 saturated carbocycles. The Kier molecular flexibility index (Phi) is 5.78. The van der Waals surface area contributed by atoms with E-state index in [4.69, 9.17) is 0 Å². The number of hydrogen-bond donors (Lipinski definition) is 1. The molecule has 2 heteroatoms. The van der Waals surface area contributed by atoms with Gasteiger partial charge in [0.1, 0.15) is 0 Å². The second-order valence-corrected chi connectivity index (χ2v) is 4.38. The van der Waals surface area contributed by atoms with Gasteiger partial charge in [0.2, 0.25) is 0 Å². The first-order valence-electron chi connectivity index (χ1n) is 6.29. The Morgan fingerprint density at radius 2 is 2.24 bits per heavy atom. The minimum absolute atomic E-state index is 0.970. The van der Waals surface area contributed by atoms with Gasteiger partial charge in [0.05, 0.1) is 0 Å². The van der Waals surface area contributed by atoms with Crippen LogP contribution in [0, 0.1) is 0 Å². The Morgan fingerprint density at radius 3 is 2.88 bits per heavy atom. The van der Waals surface area contributed by atoms with E-state index in [1.165, 1.54) is 16.8 Å². The fourth-order valence-corrected chi connectivity index (χ4v) is 1.83. The summed E-state index contributed by atoms with van der Waals surface area (Å²) in [6.45, 7) is 8.57. The zero-order valence-electron chi connectivity index (χ0n) is 11.3. The summed E-state index contributed by atoms with van der Waals surface area (Å²) in [4.78, 5) is 2.31. The fraction of sp³-hybridized carbons (Fsp3) is 0.467. The molecule has 0 spiro atoms. The van der Waals surface area contributed by atoms with Gasteiger partial charge in [0.25, 0.3) is 0 Å². The first-order chi connectivity index (χ1) is 8.19. The number of nitrogens with zero attached hydrogens (tertiary/aromatic N) is 1. The van der Waals surface area contributed by atoms with Crippen molar-refractivity contribution < 1.29 is 0 Å². The van der Waals surface area contributed by atoms with E-state index < -0.39 is 0 Å². The average Bonchev–Trinajstić information content (AvgIpc) is 2.60. The third-order valence-corrected chi connectivity index (χ3v) is 3.19. The first kappa shape index (κ1) is 13.8. The minimum atomic E-state index is 0.970. The fourth-order valence-electron chi connectivity index (χ4n) is 1.83. The Hall–Kier alpha value is -1.28. The van der Waals surface area contributed by atoms with Crippen LogP contribution in [0.2, 0.25) is 0 Å². The summed E-state index contributed by atoms with van der Waals surface area (Å²) in [5.74, 6) is 0. The summed E-state index contributed by atoms with van der Waals surface area (Å²) < 4.78 is 0. The van der Waals surface area contributed by atoms with Crippen LogP contribution >= 0.6 is 0 Å². The van der Waals surface area contributed by atoms with E-state index in [1.807, 2.05) is 7.05 Å². The monoisotopic (exact) mass is 232 g/mol. The molecular formula is C15H24N2. The van der Waals surface area contributed by atoms with Gasteiger partial charge in [-0.3, -0.25) is 0 Å². The standard InChI is InChI=1S/C15H24N2/c1-5-17(4)12-11-13(2)14-9-7-6-8-10-15(14)16-3/h6-8,10,16H,2,5,9,11-12H2,1,3-4H3. The molecule has 0 heterocycles. The molecule has 1 rings (SSSR count). The number of nitrogens with one attached hydrogen (secondary N) is 1. The molecule has 1 N–H and O–H groups in total. The van der Waals surface area contributed by atoms with Crippen LogP contribution in [0.25, 0.3) is 0 Å². The van der Waals surface area contributed by atoms with Gasteiger partial charge in [-0.25, -0.2) is 0 Å². The summed E-state index contributed by atoms with van der Waals surface area (Å²) in [5.41, 5.74) is 3.77. The van der Waals surface area contributed by atoms with E-state index in [0.29, 0.717) is 0 Å². The number of rotatable bonds is 6. The van der Waals surface area contributed by atoms with E-state index in [9.17, 15) is 0 Å². The molecule has 0 unspecified atom stereocenters. The highest BCUT2D eigenvalue weighted by Crippen LogP contribution is 2.22. The molecule has 0 amide bonds. The third kappa shape index (κ3) is 4.23. The molecule has 0 aromatic carbocycles. The molecule has 0 atom stereocenters. The molecule has 17 heavy (non-hydrogen) atoms. The van der Waals surface area contributed by atoms with Crippen LogP contribution in [-0.2, 0) is 0 Å². The lowest BCUT2D eigenvalue weighted by molar-refractivity contribution is 0.357. The van der Waals surface area contributed by atoms with Gasteiger partial charge in [-0.15, -0.1) is 0 Å². The third-order valence-electron chi connectivity index (χ3n) is 3.19. The predicted molar refractivity (Wildman–Crippen MR) is 75.9 cm³/mol. The van der Waals surface area contributed by atoms with Crippen molar-refractivity contribution in [3.63, 3.8) is 0 Å². The normalized spacial score (nSPS) is 15.3. The van der Waals surface area contributed by atoms with Crippen LogP contribution in [0.15, 0.2) is 47.7 Å². The van der Waals surface area contributed by atoms with Crippen LogP contribution in [0.3, 0.4) is 0 Å². The second kappa shape index (κ2) is 7.13. The second-order valence-electron chi connectivity index (χ2n) is 4.38. The van der Waals surface area contributed by atoms with Crippen molar-refractivity contribution in [2.75, 3.05) is 27.2 Å². The van der Waals surface area contributed by atoms with Gasteiger partial charge in [0, 0.05) is 19.3 Å². The zero-order valence-corrected chi connectivity index (χ0v) is 11.3. The Balaban J connectivity index is 2.68. The lowest BCUT2D eigenvalue weighted by atomic mass is 9.99. The number of likely N-dealkylation sites (N-methyl/N-ethyl adjacent to an activating group) is 1. The van der Waals surface area contributed by atoms with Crippen molar-refractivity contribution in [1.29, 1.82) is 0 Å². The smallest absolute Gasteiger partial charge is 0.0375 e. The van der Waals surface area contributed by atoms with Crippen molar-refractivity contribution >= 4 is 0 Å². The molecule has 0 saturated heterocycles. The van der Waals surface area contributed by atoms with E-state index in [0.717, 1.165) is 25.9 Å².